The fourth-order valence-electron chi connectivity index (χ4n) is 2.79. The van der Waals surface area contributed by atoms with Crippen molar-refractivity contribution in [2.75, 3.05) is 20.2 Å². The lowest BCUT2D eigenvalue weighted by molar-refractivity contribution is 0.109. The van der Waals surface area contributed by atoms with E-state index in [0.29, 0.717) is 5.54 Å². The predicted molar refractivity (Wildman–Crippen MR) is 58.2 cm³/mol. The van der Waals surface area contributed by atoms with E-state index in [-0.39, 0.29) is 0 Å². The fourth-order valence-corrected chi connectivity index (χ4v) is 2.79. The molecule has 2 rings (SSSR count). The summed E-state index contributed by atoms with van der Waals surface area (Å²) >= 11 is 0. The summed E-state index contributed by atoms with van der Waals surface area (Å²) in [7, 11) is 2.24. The minimum atomic E-state index is 0.318. The number of rotatable bonds is 0. The van der Waals surface area contributed by atoms with Gasteiger partial charge in [-0.3, -0.25) is 4.90 Å². The Kier molecular flexibility index (Phi) is 2.82. The Morgan fingerprint density at radius 3 is 2.71 bits per heavy atom. The summed E-state index contributed by atoms with van der Waals surface area (Å²) in [6.45, 7) is 4.00. The summed E-state index contributed by atoms with van der Waals surface area (Å²) in [5.41, 5.74) is 0.318. The van der Waals surface area contributed by atoms with E-state index in [2.05, 4.69) is 24.9 Å². The van der Waals surface area contributed by atoms with Gasteiger partial charge in [-0.05, 0) is 32.9 Å². The highest BCUT2D eigenvalue weighted by atomic mass is 16.5. The number of hydrogen-bond donors (Lipinski definition) is 0. The molecule has 0 N–H and O–H groups in total. The van der Waals surface area contributed by atoms with Gasteiger partial charge in [0.25, 0.3) is 0 Å². The Bertz CT molecular complexity index is 228. The van der Waals surface area contributed by atoms with E-state index in [4.69, 9.17) is 4.74 Å². The largest absolute Gasteiger partial charge is 0.497 e. The minimum absolute atomic E-state index is 0.318. The highest BCUT2D eigenvalue weighted by Gasteiger charge is 2.35. The molecule has 1 heterocycles. The Hall–Kier alpha value is -0.500. The van der Waals surface area contributed by atoms with Crippen LogP contribution in [0, 0.1) is 0 Å². The van der Waals surface area contributed by atoms with Crippen LogP contribution in [-0.2, 0) is 4.74 Å². The monoisotopic (exact) mass is 195 g/mol. The van der Waals surface area contributed by atoms with E-state index in [0.717, 1.165) is 18.9 Å². The van der Waals surface area contributed by atoms with Gasteiger partial charge in [0.1, 0.15) is 6.61 Å². The first-order valence-corrected chi connectivity index (χ1v) is 5.76. The summed E-state index contributed by atoms with van der Waals surface area (Å²) in [6, 6.07) is 0. The summed E-state index contributed by atoms with van der Waals surface area (Å²) < 4.78 is 5.62. The average molecular weight is 195 g/mol. The first-order chi connectivity index (χ1) is 6.73. The summed E-state index contributed by atoms with van der Waals surface area (Å²) in [4.78, 5) is 2.49. The van der Waals surface area contributed by atoms with Gasteiger partial charge in [0.05, 0.1) is 5.76 Å². The smallest absolute Gasteiger partial charge is 0.100 e. The molecule has 1 aliphatic carbocycles. The molecule has 2 nitrogen and oxygen atoms in total. The van der Waals surface area contributed by atoms with Crippen molar-refractivity contribution in [3.05, 3.63) is 11.8 Å². The van der Waals surface area contributed by atoms with Crippen LogP contribution in [0.15, 0.2) is 11.8 Å². The van der Waals surface area contributed by atoms with Gasteiger partial charge in [-0.25, -0.2) is 0 Å². The standard InChI is InChI=1S/C12H21NO/c1-11-10-12(6-4-3-5-7-12)13(2)8-9-14-11/h10H,3-9H2,1-2H3. The second-order valence-electron chi connectivity index (χ2n) is 4.69. The van der Waals surface area contributed by atoms with Gasteiger partial charge in [0.15, 0.2) is 0 Å². The molecule has 80 valence electrons. The van der Waals surface area contributed by atoms with Crippen LogP contribution in [0.1, 0.15) is 39.0 Å². The number of ether oxygens (including phenoxy) is 1. The molecular weight excluding hydrogens is 174 g/mol. The molecule has 0 aromatic heterocycles. The SMILES string of the molecule is CC1=CC2(CCCCC2)N(C)CCO1. The lowest BCUT2D eigenvalue weighted by Crippen LogP contribution is -2.46. The maximum Gasteiger partial charge on any atom is 0.100 e. The van der Waals surface area contributed by atoms with Crippen molar-refractivity contribution in [1.82, 2.24) is 4.90 Å². The first-order valence-electron chi connectivity index (χ1n) is 5.76. The fraction of sp³-hybridized carbons (Fsp3) is 0.833. The van der Waals surface area contributed by atoms with Crippen LogP contribution in [-0.4, -0.2) is 30.6 Å². The Balaban J connectivity index is 2.22. The molecule has 0 saturated heterocycles. The van der Waals surface area contributed by atoms with E-state index in [1.165, 1.54) is 32.1 Å². The number of nitrogens with zero attached hydrogens (tertiary/aromatic N) is 1. The van der Waals surface area contributed by atoms with Gasteiger partial charge in [0, 0.05) is 12.1 Å². The second-order valence-corrected chi connectivity index (χ2v) is 4.69. The average Bonchev–Trinajstić information content (AvgIpc) is 2.29. The molecule has 0 aromatic rings. The zero-order chi connectivity index (χ0) is 10.0. The van der Waals surface area contributed by atoms with Crippen molar-refractivity contribution in [3.8, 4) is 0 Å². The van der Waals surface area contributed by atoms with Crippen molar-refractivity contribution in [2.24, 2.45) is 0 Å². The highest BCUT2D eigenvalue weighted by molar-refractivity contribution is 5.12. The number of hydrogen-bond acceptors (Lipinski definition) is 2. The van der Waals surface area contributed by atoms with Crippen LogP contribution >= 0.6 is 0 Å². The topological polar surface area (TPSA) is 12.5 Å². The molecule has 1 saturated carbocycles. The molecule has 0 amide bonds. The Morgan fingerprint density at radius 2 is 2.00 bits per heavy atom. The quantitative estimate of drug-likeness (QED) is 0.589. The summed E-state index contributed by atoms with van der Waals surface area (Å²) in [5.74, 6) is 1.12. The van der Waals surface area contributed by atoms with Crippen LogP contribution in [0.3, 0.4) is 0 Å². The van der Waals surface area contributed by atoms with Crippen LogP contribution < -0.4 is 0 Å². The third kappa shape index (κ3) is 1.81. The van der Waals surface area contributed by atoms with Gasteiger partial charge in [-0.15, -0.1) is 0 Å². The Labute approximate surface area is 86.9 Å². The Morgan fingerprint density at radius 1 is 1.29 bits per heavy atom. The predicted octanol–water partition coefficient (Wildman–Crippen LogP) is 2.56. The highest BCUT2D eigenvalue weighted by Crippen LogP contribution is 2.36. The molecule has 0 unspecified atom stereocenters. The van der Waals surface area contributed by atoms with Crippen molar-refractivity contribution >= 4 is 0 Å². The molecule has 1 spiro atoms. The van der Waals surface area contributed by atoms with E-state index < -0.39 is 0 Å². The maximum atomic E-state index is 5.62. The summed E-state index contributed by atoms with van der Waals surface area (Å²) in [5, 5.41) is 0. The van der Waals surface area contributed by atoms with Crippen LogP contribution in [0.4, 0.5) is 0 Å². The maximum absolute atomic E-state index is 5.62. The number of likely N-dealkylation sites (N-methyl/N-ethyl adjacent to an activating group) is 1. The molecule has 2 heteroatoms. The van der Waals surface area contributed by atoms with Crippen LogP contribution in [0.5, 0.6) is 0 Å². The van der Waals surface area contributed by atoms with E-state index in [1.807, 2.05) is 0 Å². The van der Waals surface area contributed by atoms with Gasteiger partial charge in [-0.2, -0.15) is 0 Å². The van der Waals surface area contributed by atoms with Gasteiger partial charge in [-0.1, -0.05) is 19.3 Å². The van der Waals surface area contributed by atoms with Gasteiger partial charge >= 0.3 is 0 Å². The molecule has 2 aliphatic rings. The van der Waals surface area contributed by atoms with Crippen molar-refractivity contribution in [3.63, 3.8) is 0 Å². The van der Waals surface area contributed by atoms with Crippen LogP contribution in [0.25, 0.3) is 0 Å². The molecule has 0 atom stereocenters. The molecule has 0 aromatic carbocycles. The minimum Gasteiger partial charge on any atom is -0.497 e. The number of allylic oxidation sites excluding steroid dienone is 1. The summed E-state index contributed by atoms with van der Waals surface area (Å²) in [6.07, 6.45) is 9.12. The third-order valence-corrected chi connectivity index (χ3v) is 3.71. The zero-order valence-corrected chi connectivity index (χ0v) is 9.38. The third-order valence-electron chi connectivity index (χ3n) is 3.71. The first kappa shape index (κ1) is 10.0. The lowest BCUT2D eigenvalue weighted by Gasteiger charge is -2.41. The van der Waals surface area contributed by atoms with Gasteiger partial charge in [0.2, 0.25) is 0 Å². The van der Waals surface area contributed by atoms with E-state index in [1.54, 1.807) is 0 Å². The zero-order valence-electron chi connectivity index (χ0n) is 9.38. The second kappa shape index (κ2) is 3.93. The lowest BCUT2D eigenvalue weighted by atomic mass is 9.80. The van der Waals surface area contributed by atoms with Crippen molar-refractivity contribution in [1.29, 1.82) is 0 Å². The van der Waals surface area contributed by atoms with Crippen molar-refractivity contribution in [2.45, 2.75) is 44.6 Å². The van der Waals surface area contributed by atoms with E-state index in [9.17, 15) is 0 Å². The molecule has 0 bridgehead atoms. The molecule has 14 heavy (non-hydrogen) atoms. The molecule has 1 aliphatic heterocycles. The van der Waals surface area contributed by atoms with Gasteiger partial charge < -0.3 is 4.74 Å². The molecule has 1 fully saturated rings. The van der Waals surface area contributed by atoms with E-state index >= 15 is 0 Å². The van der Waals surface area contributed by atoms with Crippen LogP contribution in [0.2, 0.25) is 0 Å². The molecule has 0 radical (unpaired) electrons. The molecular formula is C12H21NO. The van der Waals surface area contributed by atoms with Crippen molar-refractivity contribution < 1.29 is 4.74 Å². The normalized spacial score (nSPS) is 28.0.